The molecule has 0 aliphatic carbocycles. The summed E-state index contributed by atoms with van der Waals surface area (Å²) in [6.45, 7) is 0.910. The first kappa shape index (κ1) is 21.2. The molecule has 0 bridgehead atoms. The maximum absolute atomic E-state index is 5.29. The Labute approximate surface area is 154 Å². The van der Waals surface area contributed by atoms with Gasteiger partial charge in [-0.2, -0.15) is 11.8 Å². The minimum atomic E-state index is 0. The molecule has 0 amide bonds. The first-order chi connectivity index (χ1) is 10.2. The fourth-order valence-electron chi connectivity index (χ4n) is 1.81. The van der Waals surface area contributed by atoms with Gasteiger partial charge in [0.05, 0.1) is 14.2 Å². The Morgan fingerprint density at radius 2 is 1.91 bits per heavy atom. The normalized spacial score (nSPS) is 10.6. The molecule has 0 fully saturated rings. The molecule has 0 spiro atoms. The predicted molar refractivity (Wildman–Crippen MR) is 108 cm³/mol. The fourth-order valence-corrected chi connectivity index (χ4v) is 2.30. The highest BCUT2D eigenvalue weighted by Gasteiger charge is 2.05. The zero-order valence-electron chi connectivity index (χ0n) is 13.6. The highest BCUT2D eigenvalue weighted by atomic mass is 127. The summed E-state index contributed by atoms with van der Waals surface area (Å²) in [5, 5.41) is 6.54. The second-order valence-corrected chi connectivity index (χ2v) is 5.38. The molecule has 0 heterocycles. The van der Waals surface area contributed by atoms with E-state index in [-0.39, 0.29) is 24.0 Å². The van der Waals surface area contributed by atoms with Crippen molar-refractivity contribution < 1.29 is 9.47 Å². The van der Waals surface area contributed by atoms with Gasteiger partial charge in [0.1, 0.15) is 0 Å². The van der Waals surface area contributed by atoms with Crippen molar-refractivity contribution >= 4 is 47.4 Å². The molecule has 0 saturated carbocycles. The Morgan fingerprint density at radius 1 is 1.18 bits per heavy atom. The van der Waals surface area contributed by atoms with Gasteiger partial charge in [0.15, 0.2) is 17.5 Å². The van der Waals surface area contributed by atoms with E-state index in [2.05, 4.69) is 21.9 Å². The second-order valence-electron chi connectivity index (χ2n) is 4.39. The van der Waals surface area contributed by atoms with Gasteiger partial charge in [-0.25, -0.2) is 0 Å². The number of anilines is 1. The van der Waals surface area contributed by atoms with Crippen molar-refractivity contribution in [3.8, 4) is 11.5 Å². The summed E-state index contributed by atoms with van der Waals surface area (Å²) in [5.74, 6) is 3.36. The van der Waals surface area contributed by atoms with Gasteiger partial charge in [0.2, 0.25) is 0 Å². The van der Waals surface area contributed by atoms with E-state index < -0.39 is 0 Å². The lowest BCUT2D eigenvalue weighted by atomic mass is 10.2. The number of nitrogens with one attached hydrogen (secondary N) is 2. The number of rotatable bonds is 8. The first-order valence-corrected chi connectivity index (χ1v) is 8.33. The van der Waals surface area contributed by atoms with Crippen LogP contribution in [0.25, 0.3) is 0 Å². The van der Waals surface area contributed by atoms with Gasteiger partial charge in [-0.3, -0.25) is 4.99 Å². The maximum Gasteiger partial charge on any atom is 0.195 e. The summed E-state index contributed by atoms with van der Waals surface area (Å²) >= 11 is 1.88. The van der Waals surface area contributed by atoms with Crippen LogP contribution in [0.4, 0.5) is 5.69 Å². The van der Waals surface area contributed by atoms with Crippen LogP contribution in [0, 0.1) is 0 Å². The Morgan fingerprint density at radius 3 is 2.50 bits per heavy atom. The smallest absolute Gasteiger partial charge is 0.195 e. The molecule has 22 heavy (non-hydrogen) atoms. The molecule has 1 aromatic carbocycles. The zero-order chi connectivity index (χ0) is 15.5. The minimum absolute atomic E-state index is 0. The average molecular weight is 439 g/mol. The van der Waals surface area contributed by atoms with E-state index in [0.29, 0.717) is 11.5 Å². The summed E-state index contributed by atoms with van der Waals surface area (Å²) in [6.07, 6.45) is 4.47. The number of methoxy groups -OCH3 is 2. The van der Waals surface area contributed by atoms with E-state index in [9.17, 15) is 0 Å². The first-order valence-electron chi connectivity index (χ1n) is 6.93. The molecule has 0 atom stereocenters. The maximum atomic E-state index is 5.29. The molecule has 0 aliphatic rings. The second kappa shape index (κ2) is 12.7. The number of hydrogen-bond acceptors (Lipinski definition) is 4. The molecule has 5 nitrogen and oxygen atoms in total. The third-order valence-corrected chi connectivity index (χ3v) is 3.63. The molecule has 0 saturated heterocycles. The van der Waals surface area contributed by atoms with Crippen LogP contribution in [-0.2, 0) is 0 Å². The van der Waals surface area contributed by atoms with Crippen LogP contribution in [0.2, 0.25) is 0 Å². The number of unbranched alkanes of at least 4 members (excludes halogenated alkanes) is 1. The number of nitrogens with zero attached hydrogens (tertiary/aromatic N) is 1. The van der Waals surface area contributed by atoms with E-state index >= 15 is 0 Å². The summed E-state index contributed by atoms with van der Waals surface area (Å²) in [6, 6.07) is 5.69. The van der Waals surface area contributed by atoms with Crippen LogP contribution in [0.1, 0.15) is 12.8 Å². The van der Waals surface area contributed by atoms with Gasteiger partial charge >= 0.3 is 0 Å². The van der Waals surface area contributed by atoms with Crippen molar-refractivity contribution in [2.24, 2.45) is 4.99 Å². The van der Waals surface area contributed by atoms with E-state index in [4.69, 9.17) is 9.47 Å². The van der Waals surface area contributed by atoms with Crippen molar-refractivity contribution in [2.45, 2.75) is 12.8 Å². The molecule has 0 aromatic heterocycles. The average Bonchev–Trinajstić information content (AvgIpc) is 2.53. The third-order valence-electron chi connectivity index (χ3n) is 2.94. The van der Waals surface area contributed by atoms with Crippen molar-refractivity contribution in [1.82, 2.24) is 5.32 Å². The number of ether oxygens (including phenoxy) is 2. The van der Waals surface area contributed by atoms with Crippen molar-refractivity contribution in [1.29, 1.82) is 0 Å². The van der Waals surface area contributed by atoms with Gasteiger partial charge < -0.3 is 20.1 Å². The Bertz CT molecular complexity index is 458. The topological polar surface area (TPSA) is 54.9 Å². The standard InChI is InChI=1S/C15H25N3O2S.HI/c1-16-15(17-9-5-6-10-21-4)18-12-7-8-13(19-2)14(11-12)20-3;/h7-8,11H,5-6,9-10H2,1-4H3,(H2,16,17,18);1H. The summed E-state index contributed by atoms with van der Waals surface area (Å²) < 4.78 is 10.5. The summed E-state index contributed by atoms with van der Waals surface area (Å²) in [4.78, 5) is 4.22. The quantitative estimate of drug-likeness (QED) is 0.281. The Hall–Kier alpha value is -0.830. The molecule has 0 unspecified atom stereocenters. The molecule has 1 aromatic rings. The van der Waals surface area contributed by atoms with Gasteiger partial charge in [0.25, 0.3) is 0 Å². The molecule has 0 aliphatic heterocycles. The minimum Gasteiger partial charge on any atom is -0.493 e. The molecular formula is C15H26IN3O2S. The van der Waals surface area contributed by atoms with Crippen molar-refractivity contribution in [3.05, 3.63) is 18.2 Å². The fraction of sp³-hybridized carbons (Fsp3) is 0.533. The number of thioether (sulfide) groups is 1. The molecule has 0 radical (unpaired) electrons. The lowest BCUT2D eigenvalue weighted by Crippen LogP contribution is -2.31. The van der Waals surface area contributed by atoms with Crippen LogP contribution >= 0.6 is 35.7 Å². The third kappa shape index (κ3) is 7.44. The lowest BCUT2D eigenvalue weighted by molar-refractivity contribution is 0.355. The summed E-state index contributed by atoms with van der Waals surface area (Å²) in [5.41, 5.74) is 0.907. The van der Waals surface area contributed by atoms with Crippen LogP contribution in [0.15, 0.2) is 23.2 Å². The Balaban J connectivity index is 0.00000441. The van der Waals surface area contributed by atoms with E-state index in [1.807, 2.05) is 30.0 Å². The number of benzene rings is 1. The van der Waals surface area contributed by atoms with Crippen LogP contribution < -0.4 is 20.1 Å². The van der Waals surface area contributed by atoms with E-state index in [1.165, 1.54) is 12.2 Å². The Kier molecular flexibility index (Phi) is 12.2. The molecule has 2 N–H and O–H groups in total. The number of guanidine groups is 1. The number of hydrogen-bond donors (Lipinski definition) is 2. The largest absolute Gasteiger partial charge is 0.493 e. The van der Waals surface area contributed by atoms with Crippen LogP contribution in [0.3, 0.4) is 0 Å². The SMILES string of the molecule is CN=C(NCCCCSC)Nc1ccc(OC)c(OC)c1.I. The molecule has 126 valence electrons. The van der Waals surface area contributed by atoms with Gasteiger partial charge in [-0.05, 0) is 37.0 Å². The van der Waals surface area contributed by atoms with Gasteiger partial charge in [-0.1, -0.05) is 0 Å². The monoisotopic (exact) mass is 439 g/mol. The van der Waals surface area contributed by atoms with E-state index in [1.54, 1.807) is 21.3 Å². The molecule has 7 heteroatoms. The van der Waals surface area contributed by atoms with Gasteiger partial charge in [0, 0.05) is 25.3 Å². The van der Waals surface area contributed by atoms with E-state index in [0.717, 1.165) is 24.6 Å². The van der Waals surface area contributed by atoms with Gasteiger partial charge in [-0.15, -0.1) is 24.0 Å². The van der Waals surface area contributed by atoms with Crippen molar-refractivity contribution in [2.75, 3.05) is 45.1 Å². The predicted octanol–water partition coefficient (Wildman–Crippen LogP) is 3.45. The van der Waals surface area contributed by atoms with Crippen LogP contribution in [0.5, 0.6) is 11.5 Å². The number of halogens is 1. The highest BCUT2D eigenvalue weighted by Crippen LogP contribution is 2.29. The van der Waals surface area contributed by atoms with Crippen molar-refractivity contribution in [3.63, 3.8) is 0 Å². The molecular weight excluding hydrogens is 413 g/mol. The highest BCUT2D eigenvalue weighted by molar-refractivity contribution is 14.0. The molecule has 1 rings (SSSR count). The lowest BCUT2D eigenvalue weighted by Gasteiger charge is -2.14. The zero-order valence-corrected chi connectivity index (χ0v) is 16.8. The van der Waals surface area contributed by atoms with Crippen LogP contribution in [-0.4, -0.2) is 45.8 Å². The number of aliphatic imine (C=N–C) groups is 1. The summed E-state index contributed by atoms with van der Waals surface area (Å²) in [7, 11) is 5.01.